The molecule has 0 radical (unpaired) electrons. The molecule has 7 nitrogen and oxygen atoms in total. The molecule has 0 saturated heterocycles. The highest BCUT2D eigenvalue weighted by Gasteiger charge is 2.19. The van der Waals surface area contributed by atoms with Crippen molar-refractivity contribution in [3.63, 3.8) is 0 Å². The summed E-state index contributed by atoms with van der Waals surface area (Å²) in [5.74, 6) is 0.727. The molecule has 198 valence electrons. The molecule has 1 fully saturated rings. The maximum Gasteiger partial charge on any atom is 0.213 e. The molecule has 0 bridgehead atoms. The molecule has 1 saturated carbocycles. The van der Waals surface area contributed by atoms with Gasteiger partial charge in [-0.1, -0.05) is 12.1 Å². The van der Waals surface area contributed by atoms with Gasteiger partial charge in [0.25, 0.3) is 0 Å². The second kappa shape index (κ2) is 14.1. The third kappa shape index (κ3) is 7.28. The largest absolute Gasteiger partial charge is 0.474 e. The topological polar surface area (TPSA) is 89.6 Å². The van der Waals surface area contributed by atoms with Crippen LogP contribution in [-0.4, -0.2) is 57.3 Å². The minimum atomic E-state index is 0.258. The predicted molar refractivity (Wildman–Crippen MR) is 148 cm³/mol. The minimum absolute atomic E-state index is 0.258. The summed E-state index contributed by atoms with van der Waals surface area (Å²) in [6, 6.07) is 12.7. The first-order chi connectivity index (χ1) is 18.2. The van der Waals surface area contributed by atoms with Gasteiger partial charge in [-0.15, -0.1) is 0 Å². The number of fused-ring (bicyclic) bond motifs is 3. The Labute approximate surface area is 219 Å². The van der Waals surface area contributed by atoms with Crippen LogP contribution in [0, 0.1) is 0 Å². The molecule has 4 aromatic rings. The van der Waals surface area contributed by atoms with E-state index in [1.165, 1.54) is 28.2 Å². The number of pyridine rings is 2. The van der Waals surface area contributed by atoms with Crippen LogP contribution in [0.1, 0.15) is 51.4 Å². The molecule has 3 aromatic heterocycles. The van der Waals surface area contributed by atoms with Crippen LogP contribution in [0.25, 0.3) is 32.9 Å². The molecule has 0 spiro atoms. The van der Waals surface area contributed by atoms with Gasteiger partial charge in [0.1, 0.15) is 6.10 Å². The van der Waals surface area contributed by atoms with E-state index in [2.05, 4.69) is 51.9 Å². The average Bonchev–Trinajstić information content (AvgIpc) is 3.20. The molecule has 37 heavy (non-hydrogen) atoms. The Balaban J connectivity index is 0.000000229. The molecular weight excluding hydrogens is 466 g/mol. The number of ether oxygens (including phenoxy) is 2. The summed E-state index contributed by atoms with van der Waals surface area (Å²) in [5.41, 5.74) is 4.67. The quantitative estimate of drug-likeness (QED) is 0.242. The van der Waals surface area contributed by atoms with Gasteiger partial charge >= 0.3 is 0 Å². The van der Waals surface area contributed by atoms with Crippen LogP contribution in [-0.2, 0) is 11.8 Å². The molecule has 2 N–H and O–H groups in total. The lowest BCUT2D eigenvalue weighted by atomic mass is 9.96. The number of aromatic nitrogens is 3. The van der Waals surface area contributed by atoms with Crippen molar-refractivity contribution < 1.29 is 19.7 Å². The normalized spacial score (nSPS) is 13.4. The zero-order valence-corrected chi connectivity index (χ0v) is 21.8. The van der Waals surface area contributed by atoms with Crippen LogP contribution in [0.4, 0.5) is 0 Å². The van der Waals surface area contributed by atoms with Crippen molar-refractivity contribution in [2.45, 2.75) is 57.5 Å². The van der Waals surface area contributed by atoms with Gasteiger partial charge in [-0.2, -0.15) is 0 Å². The van der Waals surface area contributed by atoms with Crippen molar-refractivity contribution in [2.75, 3.05) is 26.4 Å². The second-order valence-electron chi connectivity index (χ2n) is 9.57. The van der Waals surface area contributed by atoms with Gasteiger partial charge in [-0.25, -0.2) is 4.98 Å². The first-order valence-electron chi connectivity index (χ1n) is 13.5. The van der Waals surface area contributed by atoms with E-state index in [1.807, 2.05) is 24.7 Å². The number of hydrogen-bond acceptors (Lipinski definition) is 6. The van der Waals surface area contributed by atoms with E-state index in [1.54, 1.807) is 0 Å². The molecular formula is C30H39N3O4. The lowest BCUT2D eigenvalue weighted by Gasteiger charge is -2.25. The first kappa shape index (κ1) is 27.0. The number of nitrogens with zero attached hydrogens (tertiary/aromatic N) is 3. The molecule has 0 unspecified atom stereocenters. The fourth-order valence-electron chi connectivity index (χ4n) is 4.42. The third-order valence-corrected chi connectivity index (χ3v) is 6.86. The van der Waals surface area contributed by atoms with Crippen molar-refractivity contribution in [3.8, 4) is 17.0 Å². The smallest absolute Gasteiger partial charge is 0.213 e. The molecule has 7 heteroatoms. The van der Waals surface area contributed by atoms with Gasteiger partial charge in [0.05, 0.1) is 5.52 Å². The summed E-state index contributed by atoms with van der Waals surface area (Å²) >= 11 is 0. The van der Waals surface area contributed by atoms with E-state index >= 15 is 0 Å². The van der Waals surface area contributed by atoms with Crippen LogP contribution >= 0.6 is 0 Å². The molecule has 1 aliphatic rings. The van der Waals surface area contributed by atoms with Gasteiger partial charge in [0.2, 0.25) is 5.88 Å². The van der Waals surface area contributed by atoms with Gasteiger partial charge in [0.15, 0.2) is 0 Å². The standard InChI is InChI=1S/C21H19N3O.C9H20O3/c1-24-19-9-10-22-13-18(19)17-7-5-14(11-20(17)24)15-6-8-21(23-12-15)25-16-3-2-4-16;10-6-2-1-4-8-12-9-5-3-7-11/h5-13,16H,2-4H2,1H3;10-11H,1-9H2. The van der Waals surface area contributed by atoms with E-state index in [4.69, 9.17) is 19.7 Å². The maximum atomic E-state index is 8.47. The maximum absolute atomic E-state index is 8.47. The van der Waals surface area contributed by atoms with E-state index < -0.39 is 0 Å². The van der Waals surface area contributed by atoms with Crippen LogP contribution in [0.5, 0.6) is 5.88 Å². The van der Waals surface area contributed by atoms with Gasteiger partial charge < -0.3 is 24.3 Å². The Hall–Kier alpha value is -3.00. The Bertz CT molecular complexity index is 1230. The Morgan fingerprint density at radius 2 is 1.59 bits per heavy atom. The first-order valence-corrected chi connectivity index (χ1v) is 13.5. The number of benzene rings is 1. The summed E-state index contributed by atoms with van der Waals surface area (Å²) in [5, 5.41) is 19.3. The van der Waals surface area contributed by atoms with Crippen molar-refractivity contribution in [1.82, 2.24) is 14.5 Å². The van der Waals surface area contributed by atoms with Crippen LogP contribution in [0.2, 0.25) is 0 Å². The monoisotopic (exact) mass is 505 g/mol. The highest BCUT2D eigenvalue weighted by atomic mass is 16.5. The molecule has 1 aliphatic carbocycles. The van der Waals surface area contributed by atoms with Gasteiger partial charge in [-0.3, -0.25) is 4.98 Å². The van der Waals surface area contributed by atoms with Crippen molar-refractivity contribution in [2.24, 2.45) is 7.05 Å². The lowest BCUT2D eigenvalue weighted by Crippen LogP contribution is -2.24. The van der Waals surface area contributed by atoms with Gasteiger partial charge in [0, 0.05) is 80.0 Å². The number of unbranched alkanes of at least 4 members (excludes halogenated alkanes) is 3. The SMILES string of the molecule is Cn1c2ccncc2c2ccc(-c3ccc(OC4CCC4)nc3)cc21.OCCCCCOCCCCO. The number of aryl methyl sites for hydroxylation is 1. The average molecular weight is 506 g/mol. The summed E-state index contributed by atoms with van der Waals surface area (Å²) in [7, 11) is 2.10. The van der Waals surface area contributed by atoms with Gasteiger partial charge in [-0.05, 0) is 75.1 Å². The van der Waals surface area contributed by atoms with E-state index in [0.717, 1.165) is 75.2 Å². The summed E-state index contributed by atoms with van der Waals surface area (Å²) in [4.78, 5) is 8.75. The van der Waals surface area contributed by atoms with Crippen LogP contribution in [0.15, 0.2) is 55.0 Å². The van der Waals surface area contributed by atoms with E-state index in [0.29, 0.717) is 6.10 Å². The van der Waals surface area contributed by atoms with Crippen LogP contribution < -0.4 is 4.74 Å². The number of rotatable bonds is 12. The summed E-state index contributed by atoms with van der Waals surface area (Å²) < 4.78 is 13.4. The highest BCUT2D eigenvalue weighted by molar-refractivity contribution is 6.08. The van der Waals surface area contributed by atoms with E-state index in [9.17, 15) is 0 Å². The van der Waals surface area contributed by atoms with E-state index in [-0.39, 0.29) is 13.2 Å². The number of aliphatic hydroxyl groups is 2. The fourth-order valence-corrected chi connectivity index (χ4v) is 4.42. The van der Waals surface area contributed by atoms with Crippen molar-refractivity contribution in [1.29, 1.82) is 0 Å². The molecule has 3 heterocycles. The number of aliphatic hydroxyl groups excluding tert-OH is 2. The Morgan fingerprint density at radius 3 is 2.30 bits per heavy atom. The Kier molecular flexibility index (Phi) is 10.3. The van der Waals surface area contributed by atoms with Crippen molar-refractivity contribution >= 4 is 21.8 Å². The molecule has 0 aliphatic heterocycles. The number of hydrogen-bond donors (Lipinski definition) is 2. The molecule has 0 atom stereocenters. The molecule has 1 aromatic carbocycles. The molecule has 0 amide bonds. The highest BCUT2D eigenvalue weighted by Crippen LogP contribution is 2.31. The lowest BCUT2D eigenvalue weighted by molar-refractivity contribution is 0.114. The predicted octanol–water partition coefficient (Wildman–Crippen LogP) is 5.66. The van der Waals surface area contributed by atoms with Crippen LogP contribution in [0.3, 0.4) is 0 Å². The third-order valence-electron chi connectivity index (χ3n) is 6.86. The minimum Gasteiger partial charge on any atom is -0.474 e. The van der Waals surface area contributed by atoms with Crippen molar-refractivity contribution in [3.05, 3.63) is 55.0 Å². The summed E-state index contributed by atoms with van der Waals surface area (Å²) in [6.45, 7) is 2.07. The zero-order chi connectivity index (χ0) is 25.9. The Morgan fingerprint density at radius 1 is 0.838 bits per heavy atom. The zero-order valence-electron chi connectivity index (χ0n) is 21.8. The summed E-state index contributed by atoms with van der Waals surface area (Å²) in [6.07, 6.45) is 14.3. The fraction of sp³-hybridized carbons (Fsp3) is 0.467. The second-order valence-corrected chi connectivity index (χ2v) is 9.57. The molecule has 5 rings (SSSR count).